The average Bonchev–Trinajstić information content (AvgIpc) is 2.83. The third-order valence-corrected chi connectivity index (χ3v) is 5.61. The summed E-state index contributed by atoms with van der Waals surface area (Å²) in [5.41, 5.74) is 4.48. The van der Waals surface area contributed by atoms with Gasteiger partial charge in [0.05, 0.1) is 30.4 Å². The molecule has 3 heterocycles. The van der Waals surface area contributed by atoms with Gasteiger partial charge in [-0.05, 0) is 60.9 Å². The van der Waals surface area contributed by atoms with Gasteiger partial charge in [0, 0.05) is 24.8 Å². The second-order valence-corrected chi connectivity index (χ2v) is 7.91. The highest BCUT2D eigenvalue weighted by Crippen LogP contribution is 2.32. The van der Waals surface area contributed by atoms with Crippen molar-refractivity contribution in [2.45, 2.75) is 38.9 Å². The number of hydrogen-bond donors (Lipinski definition) is 0. The van der Waals surface area contributed by atoms with Crippen molar-refractivity contribution in [3.8, 4) is 17.0 Å². The number of rotatable bonds is 8. The number of hydrogen-bond acceptors (Lipinski definition) is 7. The van der Waals surface area contributed by atoms with E-state index >= 15 is 0 Å². The second-order valence-electron chi connectivity index (χ2n) is 7.91. The van der Waals surface area contributed by atoms with Gasteiger partial charge in [-0.2, -0.15) is 0 Å². The van der Waals surface area contributed by atoms with Crippen molar-refractivity contribution < 1.29 is 23.9 Å². The molecule has 0 aliphatic carbocycles. The number of non-ortho nitro benzene ring substituents is 1. The van der Waals surface area contributed by atoms with Gasteiger partial charge in [-0.25, -0.2) is 4.98 Å². The topological polar surface area (TPSA) is 93.0 Å². The van der Waals surface area contributed by atoms with Crippen LogP contribution in [0.25, 0.3) is 16.7 Å². The predicted molar refractivity (Wildman–Crippen MR) is 120 cm³/mol. The maximum absolute atomic E-state index is 11.3. The molecular formula is C24H28N2O6. The number of benzene rings is 1. The quantitative estimate of drug-likeness (QED) is 0.334. The monoisotopic (exact) mass is 440 g/mol. The Morgan fingerprint density at radius 3 is 2.84 bits per heavy atom. The highest BCUT2D eigenvalue weighted by Gasteiger charge is 2.17. The zero-order valence-electron chi connectivity index (χ0n) is 18.2. The van der Waals surface area contributed by atoms with E-state index < -0.39 is 0 Å². The summed E-state index contributed by atoms with van der Waals surface area (Å²) in [7, 11) is 0. The first-order valence-electron chi connectivity index (χ1n) is 11.0. The van der Waals surface area contributed by atoms with Crippen molar-refractivity contribution in [3.05, 3.63) is 57.8 Å². The fraction of sp³-hybridized carbons (Fsp3) is 0.458. The van der Waals surface area contributed by atoms with E-state index in [2.05, 4.69) is 4.98 Å². The van der Waals surface area contributed by atoms with E-state index in [1.807, 2.05) is 25.1 Å². The Balaban J connectivity index is 1.56. The van der Waals surface area contributed by atoms with Crippen LogP contribution < -0.4 is 4.74 Å². The van der Waals surface area contributed by atoms with E-state index in [1.165, 1.54) is 6.07 Å². The van der Waals surface area contributed by atoms with Crippen LogP contribution in [0, 0.1) is 17.0 Å². The standard InChI is InChI=1S/C24H28N2O6/c1-17-5-6-20(26(27)28)16-21(17)19-14-22(18-7-10-29-11-8-18)25-23(15-19)30-12-13-32-24-4-2-3-9-31-24/h5-7,14-16,24H,2-4,8-13H2,1H3. The zero-order chi connectivity index (χ0) is 22.3. The molecule has 1 saturated heterocycles. The lowest BCUT2D eigenvalue weighted by Crippen LogP contribution is -2.24. The number of aryl methyl sites for hydroxylation is 1. The van der Waals surface area contributed by atoms with Crippen molar-refractivity contribution in [1.82, 2.24) is 4.98 Å². The molecule has 1 fully saturated rings. The minimum atomic E-state index is -0.381. The summed E-state index contributed by atoms with van der Waals surface area (Å²) >= 11 is 0. The molecule has 1 atom stereocenters. The van der Waals surface area contributed by atoms with Crippen molar-refractivity contribution in [2.24, 2.45) is 0 Å². The van der Waals surface area contributed by atoms with E-state index in [4.69, 9.17) is 18.9 Å². The molecule has 1 aromatic carbocycles. The number of ether oxygens (including phenoxy) is 4. The maximum atomic E-state index is 11.3. The third kappa shape index (κ3) is 5.70. The van der Waals surface area contributed by atoms with Gasteiger partial charge in [-0.3, -0.25) is 10.1 Å². The molecule has 0 saturated carbocycles. The SMILES string of the molecule is Cc1ccc([N+](=O)[O-])cc1-c1cc(OCCOC2CCCCO2)nc(C2=CCOCC2)c1. The molecular weight excluding hydrogens is 412 g/mol. The first-order valence-corrected chi connectivity index (χ1v) is 11.0. The fourth-order valence-corrected chi connectivity index (χ4v) is 3.86. The van der Waals surface area contributed by atoms with E-state index in [-0.39, 0.29) is 16.9 Å². The molecule has 0 spiro atoms. The fourth-order valence-electron chi connectivity index (χ4n) is 3.86. The lowest BCUT2D eigenvalue weighted by molar-refractivity contribution is -0.384. The molecule has 2 aliphatic rings. The Kier molecular flexibility index (Phi) is 7.47. The first-order chi connectivity index (χ1) is 15.6. The highest BCUT2D eigenvalue weighted by atomic mass is 16.7. The Labute approximate surface area is 187 Å². The lowest BCUT2D eigenvalue weighted by atomic mass is 9.97. The minimum absolute atomic E-state index is 0.0533. The zero-order valence-corrected chi connectivity index (χ0v) is 18.2. The Morgan fingerprint density at radius 1 is 1.19 bits per heavy atom. The number of pyridine rings is 1. The Morgan fingerprint density at radius 2 is 2.09 bits per heavy atom. The number of aromatic nitrogens is 1. The lowest BCUT2D eigenvalue weighted by Gasteiger charge is -2.22. The number of nitro benzene ring substituents is 1. The molecule has 1 aromatic heterocycles. The van der Waals surface area contributed by atoms with Gasteiger partial charge < -0.3 is 18.9 Å². The Bertz CT molecular complexity index is 984. The third-order valence-electron chi connectivity index (χ3n) is 5.61. The molecule has 4 rings (SSSR count). The normalized spacial score (nSPS) is 18.8. The van der Waals surface area contributed by atoms with Gasteiger partial charge in [0.2, 0.25) is 5.88 Å². The van der Waals surface area contributed by atoms with Crippen LogP contribution in [0.15, 0.2) is 36.4 Å². The molecule has 32 heavy (non-hydrogen) atoms. The minimum Gasteiger partial charge on any atom is -0.475 e. The summed E-state index contributed by atoms with van der Waals surface area (Å²) in [6.07, 6.45) is 5.70. The average molecular weight is 440 g/mol. The number of nitro groups is 1. The summed E-state index contributed by atoms with van der Waals surface area (Å²) < 4.78 is 22.7. The van der Waals surface area contributed by atoms with Crippen molar-refractivity contribution in [3.63, 3.8) is 0 Å². The molecule has 0 bridgehead atoms. The molecule has 2 aliphatic heterocycles. The summed E-state index contributed by atoms with van der Waals surface area (Å²) in [6.45, 7) is 4.59. The van der Waals surface area contributed by atoms with Crippen LogP contribution in [0.4, 0.5) is 5.69 Å². The van der Waals surface area contributed by atoms with Crippen LogP contribution in [-0.2, 0) is 14.2 Å². The molecule has 0 radical (unpaired) electrons. The van der Waals surface area contributed by atoms with Crippen molar-refractivity contribution >= 4 is 11.3 Å². The van der Waals surface area contributed by atoms with Gasteiger partial charge in [0.1, 0.15) is 6.61 Å². The predicted octanol–water partition coefficient (Wildman–Crippen LogP) is 4.69. The van der Waals surface area contributed by atoms with E-state index in [0.717, 1.165) is 60.2 Å². The summed E-state index contributed by atoms with van der Waals surface area (Å²) in [5, 5.41) is 11.3. The van der Waals surface area contributed by atoms with E-state index in [1.54, 1.807) is 12.1 Å². The molecule has 0 N–H and O–H groups in total. The van der Waals surface area contributed by atoms with E-state index in [0.29, 0.717) is 32.3 Å². The van der Waals surface area contributed by atoms with Gasteiger partial charge in [0.15, 0.2) is 6.29 Å². The number of nitrogens with zero attached hydrogens (tertiary/aromatic N) is 2. The molecule has 0 amide bonds. The van der Waals surface area contributed by atoms with Crippen LogP contribution in [0.2, 0.25) is 0 Å². The summed E-state index contributed by atoms with van der Waals surface area (Å²) in [4.78, 5) is 15.6. The molecule has 8 heteroatoms. The highest BCUT2D eigenvalue weighted by molar-refractivity contribution is 5.75. The maximum Gasteiger partial charge on any atom is 0.270 e. The van der Waals surface area contributed by atoms with E-state index in [9.17, 15) is 10.1 Å². The van der Waals surface area contributed by atoms with Gasteiger partial charge in [0.25, 0.3) is 5.69 Å². The smallest absolute Gasteiger partial charge is 0.270 e. The summed E-state index contributed by atoms with van der Waals surface area (Å²) in [5.74, 6) is 0.462. The largest absolute Gasteiger partial charge is 0.475 e. The van der Waals surface area contributed by atoms with Gasteiger partial charge in [-0.15, -0.1) is 0 Å². The molecule has 2 aromatic rings. The van der Waals surface area contributed by atoms with Gasteiger partial charge >= 0.3 is 0 Å². The van der Waals surface area contributed by atoms with Crippen LogP contribution >= 0.6 is 0 Å². The first kappa shape index (κ1) is 22.4. The second kappa shape index (κ2) is 10.7. The molecule has 170 valence electrons. The van der Waals surface area contributed by atoms with Crippen molar-refractivity contribution in [2.75, 3.05) is 33.0 Å². The Hall–Kier alpha value is -2.81. The van der Waals surface area contributed by atoms with Crippen LogP contribution in [-0.4, -0.2) is 49.2 Å². The van der Waals surface area contributed by atoms with Crippen LogP contribution in [0.3, 0.4) is 0 Å². The summed E-state index contributed by atoms with van der Waals surface area (Å²) in [6, 6.07) is 8.67. The van der Waals surface area contributed by atoms with Crippen LogP contribution in [0.1, 0.15) is 36.9 Å². The van der Waals surface area contributed by atoms with Gasteiger partial charge in [-0.1, -0.05) is 12.1 Å². The molecule has 8 nitrogen and oxygen atoms in total. The molecule has 1 unspecified atom stereocenters. The van der Waals surface area contributed by atoms with Crippen molar-refractivity contribution in [1.29, 1.82) is 0 Å². The van der Waals surface area contributed by atoms with Crippen LogP contribution in [0.5, 0.6) is 5.88 Å².